The highest BCUT2D eigenvalue weighted by atomic mass is 79.9. The molecule has 0 radical (unpaired) electrons. The van der Waals surface area contributed by atoms with Crippen molar-refractivity contribution >= 4 is 73.8 Å². The molecule has 4 N–H and O–H groups in total. The van der Waals surface area contributed by atoms with Gasteiger partial charge in [-0.2, -0.15) is 0 Å². The first kappa shape index (κ1) is 29.8. The van der Waals surface area contributed by atoms with Crippen molar-refractivity contribution in [3.8, 4) is 0 Å². The van der Waals surface area contributed by atoms with E-state index in [2.05, 4.69) is 36.9 Å². The summed E-state index contributed by atoms with van der Waals surface area (Å²) < 4.78 is 14.7. The molecule has 0 saturated heterocycles. The number of benzene rings is 4. The monoisotopic (exact) mass is 656 g/mol. The molecule has 5 rings (SSSR count). The van der Waals surface area contributed by atoms with Crippen LogP contribution in [0, 0.1) is 5.82 Å². The molecule has 1 atom stereocenters. The lowest BCUT2D eigenvalue weighted by Gasteiger charge is -2.14. The maximum Gasteiger partial charge on any atom is 0.272 e. The van der Waals surface area contributed by atoms with Gasteiger partial charge in [0.15, 0.2) is 0 Å². The Hall–Kier alpha value is -4.67. The Morgan fingerprint density at radius 3 is 2.37 bits per heavy atom. The fourth-order valence-electron chi connectivity index (χ4n) is 4.21. The molecule has 0 saturated carbocycles. The van der Waals surface area contributed by atoms with E-state index in [0.29, 0.717) is 15.7 Å². The van der Waals surface area contributed by atoms with E-state index >= 15 is 0 Å². The highest BCUT2D eigenvalue weighted by Gasteiger charge is 2.18. The molecule has 4 aromatic carbocycles. The number of para-hydroxylation sites is 1. The number of hydrogen-bond acceptors (Lipinski definition) is 4. The minimum absolute atomic E-state index is 0.0718. The van der Waals surface area contributed by atoms with Crippen LogP contribution >= 0.6 is 27.7 Å². The number of halogens is 2. The minimum atomic E-state index is -0.530. The SMILES string of the molecule is C[C@H](Sc1ccc(NC(=O)/C(=C\c2c[nH]c3ccccc23)NC(=O)c2ccccc2)cc1)C(=O)Nc1ccc(Br)cc1F. The molecule has 0 unspecified atom stereocenters. The summed E-state index contributed by atoms with van der Waals surface area (Å²) in [7, 11) is 0. The third-order valence-corrected chi connectivity index (χ3v) is 8.04. The van der Waals surface area contributed by atoms with Crippen LogP contribution in [0.5, 0.6) is 0 Å². The Labute approximate surface area is 260 Å². The molecule has 5 aromatic rings. The number of carbonyl (C=O) groups is 3. The number of H-pyrrole nitrogens is 1. The van der Waals surface area contributed by atoms with Gasteiger partial charge in [-0.05, 0) is 73.7 Å². The average molecular weight is 658 g/mol. The molecule has 10 heteroatoms. The van der Waals surface area contributed by atoms with Gasteiger partial charge in [0.25, 0.3) is 11.8 Å². The zero-order chi connectivity index (χ0) is 30.3. The topological polar surface area (TPSA) is 103 Å². The Morgan fingerprint density at radius 1 is 0.907 bits per heavy atom. The van der Waals surface area contributed by atoms with Crippen molar-refractivity contribution in [3.05, 3.63) is 130 Å². The average Bonchev–Trinajstić information content (AvgIpc) is 3.42. The lowest BCUT2D eigenvalue weighted by atomic mass is 10.1. The molecule has 0 aliphatic carbocycles. The number of carbonyl (C=O) groups excluding carboxylic acids is 3. The summed E-state index contributed by atoms with van der Waals surface area (Å²) in [6.07, 6.45) is 3.41. The molecule has 216 valence electrons. The summed E-state index contributed by atoms with van der Waals surface area (Å²) in [6.45, 7) is 1.73. The fourth-order valence-corrected chi connectivity index (χ4v) is 5.41. The van der Waals surface area contributed by atoms with Crippen molar-refractivity contribution in [1.29, 1.82) is 0 Å². The number of aromatic nitrogens is 1. The van der Waals surface area contributed by atoms with Gasteiger partial charge in [0.1, 0.15) is 11.5 Å². The second-order valence-electron chi connectivity index (χ2n) is 9.52. The van der Waals surface area contributed by atoms with Gasteiger partial charge in [0, 0.05) is 43.3 Å². The van der Waals surface area contributed by atoms with Crippen molar-refractivity contribution in [2.24, 2.45) is 0 Å². The van der Waals surface area contributed by atoms with Crippen LogP contribution in [0.4, 0.5) is 15.8 Å². The molecule has 0 spiro atoms. The Bertz CT molecular complexity index is 1820. The van der Waals surface area contributed by atoms with Crippen LogP contribution in [0.25, 0.3) is 17.0 Å². The molecule has 0 bridgehead atoms. The fraction of sp³-hybridized carbons (Fsp3) is 0.0606. The second kappa shape index (κ2) is 13.5. The number of anilines is 2. The third kappa shape index (κ3) is 7.59. The highest BCUT2D eigenvalue weighted by Crippen LogP contribution is 2.27. The van der Waals surface area contributed by atoms with Crippen LogP contribution in [0.3, 0.4) is 0 Å². The summed E-state index contributed by atoms with van der Waals surface area (Å²) >= 11 is 4.50. The standard InChI is InChI=1S/C33H26BrFN4O3S/c1-20(31(40)38-29-16-11-23(34)18-27(29)35)43-25-14-12-24(13-15-25)37-33(42)30(39-32(41)21-7-3-2-4-8-21)17-22-19-36-28-10-6-5-9-26(22)28/h2-20,36H,1H3,(H,37,42)(H,38,40)(H,39,41)/b30-17+/t20-/m0/s1. The lowest BCUT2D eigenvalue weighted by molar-refractivity contribution is -0.115. The Morgan fingerprint density at radius 2 is 1.63 bits per heavy atom. The van der Waals surface area contributed by atoms with Crippen molar-refractivity contribution in [3.63, 3.8) is 0 Å². The van der Waals surface area contributed by atoms with Crippen LogP contribution in [0.1, 0.15) is 22.8 Å². The van der Waals surface area contributed by atoms with Crippen LogP contribution in [0.15, 0.2) is 118 Å². The van der Waals surface area contributed by atoms with Crippen molar-refractivity contribution < 1.29 is 18.8 Å². The van der Waals surface area contributed by atoms with E-state index in [0.717, 1.165) is 21.4 Å². The summed E-state index contributed by atoms with van der Waals surface area (Å²) in [4.78, 5) is 43.0. The molecule has 43 heavy (non-hydrogen) atoms. The molecule has 0 fully saturated rings. The maximum atomic E-state index is 14.1. The van der Waals surface area contributed by atoms with Crippen molar-refractivity contribution in [2.45, 2.75) is 17.1 Å². The summed E-state index contributed by atoms with van der Waals surface area (Å²) in [5, 5.41) is 8.59. The molecule has 7 nitrogen and oxygen atoms in total. The lowest BCUT2D eigenvalue weighted by Crippen LogP contribution is -2.30. The number of thioether (sulfide) groups is 1. The number of rotatable bonds is 9. The van der Waals surface area contributed by atoms with E-state index in [1.54, 1.807) is 73.8 Å². The van der Waals surface area contributed by atoms with E-state index in [4.69, 9.17) is 0 Å². The minimum Gasteiger partial charge on any atom is -0.361 e. The van der Waals surface area contributed by atoms with Gasteiger partial charge in [0.2, 0.25) is 5.91 Å². The van der Waals surface area contributed by atoms with Crippen LogP contribution in [-0.2, 0) is 9.59 Å². The zero-order valence-corrected chi connectivity index (χ0v) is 25.3. The summed E-state index contributed by atoms with van der Waals surface area (Å²) in [5.41, 5.74) is 2.75. The van der Waals surface area contributed by atoms with Gasteiger partial charge in [-0.3, -0.25) is 14.4 Å². The van der Waals surface area contributed by atoms with Gasteiger partial charge < -0.3 is 20.9 Å². The third-order valence-electron chi connectivity index (χ3n) is 6.43. The Kier molecular flexibility index (Phi) is 9.38. The summed E-state index contributed by atoms with van der Waals surface area (Å²) in [6, 6.07) is 27.7. The maximum absolute atomic E-state index is 14.1. The number of hydrogen-bond donors (Lipinski definition) is 4. The first-order chi connectivity index (χ1) is 20.8. The molecule has 3 amide bonds. The van der Waals surface area contributed by atoms with Crippen LogP contribution in [0.2, 0.25) is 0 Å². The van der Waals surface area contributed by atoms with E-state index in [-0.39, 0.29) is 17.3 Å². The number of aromatic amines is 1. The second-order valence-corrected chi connectivity index (χ2v) is 11.8. The molecular formula is C33H26BrFN4O3S. The van der Waals surface area contributed by atoms with E-state index in [1.165, 1.54) is 23.9 Å². The number of amides is 3. The van der Waals surface area contributed by atoms with Gasteiger partial charge >= 0.3 is 0 Å². The van der Waals surface area contributed by atoms with Crippen molar-refractivity contribution in [1.82, 2.24) is 10.3 Å². The normalized spacial score (nSPS) is 12.0. The molecule has 1 aromatic heterocycles. The first-order valence-corrected chi connectivity index (χ1v) is 14.9. The smallest absolute Gasteiger partial charge is 0.272 e. The number of fused-ring (bicyclic) bond motifs is 1. The quantitative estimate of drug-likeness (QED) is 0.0969. The van der Waals surface area contributed by atoms with Gasteiger partial charge in [-0.15, -0.1) is 11.8 Å². The Balaban J connectivity index is 1.28. The first-order valence-electron chi connectivity index (χ1n) is 13.2. The van der Waals surface area contributed by atoms with Crippen molar-refractivity contribution in [2.75, 3.05) is 10.6 Å². The van der Waals surface area contributed by atoms with E-state index < -0.39 is 22.9 Å². The highest BCUT2D eigenvalue weighted by molar-refractivity contribution is 9.10. The van der Waals surface area contributed by atoms with Gasteiger partial charge in [-0.1, -0.05) is 52.3 Å². The molecule has 0 aliphatic rings. The largest absolute Gasteiger partial charge is 0.361 e. The molecule has 1 heterocycles. The summed E-state index contributed by atoms with van der Waals surface area (Å²) in [5.74, 6) is -1.79. The predicted octanol–water partition coefficient (Wildman–Crippen LogP) is 7.60. The van der Waals surface area contributed by atoms with E-state index in [1.807, 2.05) is 30.3 Å². The van der Waals surface area contributed by atoms with Gasteiger partial charge in [0.05, 0.1) is 10.9 Å². The number of nitrogens with one attached hydrogen (secondary N) is 4. The molecule has 0 aliphatic heterocycles. The van der Waals surface area contributed by atoms with E-state index in [9.17, 15) is 18.8 Å². The molecular weight excluding hydrogens is 631 g/mol. The van der Waals surface area contributed by atoms with Crippen LogP contribution in [-0.4, -0.2) is 28.0 Å². The zero-order valence-electron chi connectivity index (χ0n) is 22.9. The van der Waals surface area contributed by atoms with Crippen LogP contribution < -0.4 is 16.0 Å². The predicted molar refractivity (Wildman–Crippen MR) is 173 cm³/mol. The van der Waals surface area contributed by atoms with Gasteiger partial charge in [-0.25, -0.2) is 4.39 Å².